The summed E-state index contributed by atoms with van der Waals surface area (Å²) >= 11 is 1.35. The van der Waals surface area contributed by atoms with Gasteiger partial charge in [0.25, 0.3) is 0 Å². The summed E-state index contributed by atoms with van der Waals surface area (Å²) in [6, 6.07) is 4.52. The van der Waals surface area contributed by atoms with Crippen LogP contribution in [-0.4, -0.2) is 4.98 Å². The van der Waals surface area contributed by atoms with Gasteiger partial charge in [-0.3, -0.25) is 0 Å². The maximum absolute atomic E-state index is 12.6. The molecular formula is C10H7F3N2S. The maximum atomic E-state index is 12.6. The number of rotatable bonds is 1. The van der Waals surface area contributed by atoms with Crippen LogP contribution in [-0.2, 0) is 6.18 Å². The molecule has 0 spiro atoms. The van der Waals surface area contributed by atoms with Gasteiger partial charge in [-0.1, -0.05) is 6.07 Å². The molecule has 6 heteroatoms. The average Bonchev–Trinajstić information content (AvgIpc) is 2.69. The number of nitrogen functional groups attached to an aromatic ring is 1. The number of nitrogens with zero attached hydrogens (tertiary/aromatic N) is 1. The molecule has 2 aromatic rings. The first kappa shape index (κ1) is 10.9. The molecule has 2 N–H and O–H groups in total. The Morgan fingerprint density at radius 1 is 1.31 bits per heavy atom. The SMILES string of the molecule is Nc1ncc(-c2cccs2)cc1C(F)(F)F. The van der Waals surface area contributed by atoms with Gasteiger partial charge in [-0.25, -0.2) is 4.98 Å². The van der Waals surface area contributed by atoms with Crippen LogP contribution in [0.5, 0.6) is 0 Å². The predicted octanol–water partition coefficient (Wildman–Crippen LogP) is 3.41. The van der Waals surface area contributed by atoms with E-state index >= 15 is 0 Å². The lowest BCUT2D eigenvalue weighted by Crippen LogP contribution is -2.10. The highest BCUT2D eigenvalue weighted by atomic mass is 32.1. The van der Waals surface area contributed by atoms with E-state index in [0.29, 0.717) is 5.56 Å². The van der Waals surface area contributed by atoms with Crippen molar-refractivity contribution in [3.05, 3.63) is 35.3 Å². The molecule has 2 heterocycles. The van der Waals surface area contributed by atoms with E-state index < -0.39 is 17.6 Å². The molecule has 0 radical (unpaired) electrons. The fourth-order valence-electron chi connectivity index (χ4n) is 1.28. The van der Waals surface area contributed by atoms with Crippen LogP contribution in [0.3, 0.4) is 0 Å². The number of anilines is 1. The monoisotopic (exact) mass is 244 g/mol. The van der Waals surface area contributed by atoms with Crippen LogP contribution in [0.15, 0.2) is 29.8 Å². The highest BCUT2D eigenvalue weighted by molar-refractivity contribution is 7.13. The molecule has 0 aliphatic carbocycles. The van der Waals surface area contributed by atoms with Crippen molar-refractivity contribution in [3.8, 4) is 10.4 Å². The molecule has 0 saturated heterocycles. The number of aromatic nitrogens is 1. The first-order chi connectivity index (χ1) is 7.48. The van der Waals surface area contributed by atoms with E-state index in [9.17, 15) is 13.2 Å². The number of halogens is 3. The normalized spacial score (nSPS) is 11.7. The fraction of sp³-hybridized carbons (Fsp3) is 0.100. The summed E-state index contributed by atoms with van der Waals surface area (Å²) < 4.78 is 37.7. The molecule has 0 fully saturated rings. The summed E-state index contributed by atoms with van der Waals surface area (Å²) in [6.07, 6.45) is -3.12. The fourth-order valence-corrected chi connectivity index (χ4v) is 1.99. The minimum atomic E-state index is -4.47. The predicted molar refractivity (Wildman–Crippen MR) is 57.0 cm³/mol. The summed E-state index contributed by atoms with van der Waals surface area (Å²) in [4.78, 5) is 4.30. The van der Waals surface area contributed by atoms with Crippen LogP contribution in [0.1, 0.15) is 5.56 Å². The van der Waals surface area contributed by atoms with E-state index in [1.807, 2.05) is 0 Å². The van der Waals surface area contributed by atoms with Crippen molar-refractivity contribution in [2.45, 2.75) is 6.18 Å². The zero-order chi connectivity index (χ0) is 11.8. The first-order valence-electron chi connectivity index (χ1n) is 4.35. The summed E-state index contributed by atoms with van der Waals surface area (Å²) in [6.45, 7) is 0. The van der Waals surface area contributed by atoms with Crippen LogP contribution in [0.4, 0.5) is 19.0 Å². The Bertz CT molecular complexity index is 491. The van der Waals surface area contributed by atoms with Gasteiger partial charge in [0.2, 0.25) is 0 Å². The van der Waals surface area contributed by atoms with Crippen molar-refractivity contribution in [1.29, 1.82) is 0 Å². The topological polar surface area (TPSA) is 38.9 Å². The molecule has 0 bridgehead atoms. The van der Waals surface area contributed by atoms with Crippen molar-refractivity contribution in [1.82, 2.24) is 4.98 Å². The highest BCUT2D eigenvalue weighted by Crippen LogP contribution is 2.35. The standard InChI is InChI=1S/C10H7F3N2S/c11-10(12,13)7-4-6(5-15-9(7)14)8-2-1-3-16-8/h1-5H,(H2,14,15). The van der Waals surface area contributed by atoms with Gasteiger partial charge in [0.05, 0.1) is 5.56 Å². The number of nitrogens with two attached hydrogens (primary N) is 1. The third-order valence-corrected chi connectivity index (χ3v) is 2.95. The quantitative estimate of drug-likeness (QED) is 0.834. The van der Waals surface area contributed by atoms with E-state index in [-0.39, 0.29) is 0 Å². The van der Waals surface area contributed by atoms with Gasteiger partial charge in [0, 0.05) is 16.6 Å². The molecule has 2 rings (SSSR count). The third-order valence-electron chi connectivity index (χ3n) is 2.03. The Morgan fingerprint density at radius 3 is 2.62 bits per heavy atom. The minimum Gasteiger partial charge on any atom is -0.383 e. The van der Waals surface area contributed by atoms with Gasteiger partial charge in [0.15, 0.2) is 0 Å². The lowest BCUT2D eigenvalue weighted by molar-refractivity contribution is -0.137. The van der Waals surface area contributed by atoms with Gasteiger partial charge in [0.1, 0.15) is 5.82 Å². The molecule has 0 atom stereocenters. The van der Waals surface area contributed by atoms with E-state index in [4.69, 9.17) is 5.73 Å². The summed E-state index contributed by atoms with van der Waals surface area (Å²) in [5.41, 5.74) is 4.74. The van der Waals surface area contributed by atoms with E-state index in [1.54, 1.807) is 17.5 Å². The van der Waals surface area contributed by atoms with Crippen molar-refractivity contribution in [3.63, 3.8) is 0 Å². The first-order valence-corrected chi connectivity index (χ1v) is 5.23. The summed E-state index contributed by atoms with van der Waals surface area (Å²) in [7, 11) is 0. The Morgan fingerprint density at radius 2 is 2.06 bits per heavy atom. The van der Waals surface area contributed by atoms with Gasteiger partial charge < -0.3 is 5.73 Å². The zero-order valence-corrected chi connectivity index (χ0v) is 8.77. The van der Waals surface area contributed by atoms with Gasteiger partial charge >= 0.3 is 6.18 Å². The van der Waals surface area contributed by atoms with Crippen molar-refractivity contribution < 1.29 is 13.2 Å². The molecule has 0 aromatic carbocycles. The highest BCUT2D eigenvalue weighted by Gasteiger charge is 2.34. The number of hydrogen-bond donors (Lipinski definition) is 1. The second-order valence-electron chi connectivity index (χ2n) is 3.13. The van der Waals surface area contributed by atoms with Crippen LogP contribution >= 0.6 is 11.3 Å². The van der Waals surface area contributed by atoms with E-state index in [1.165, 1.54) is 17.5 Å². The Kier molecular flexibility index (Phi) is 2.59. The van der Waals surface area contributed by atoms with Gasteiger partial charge in [-0.05, 0) is 17.5 Å². The Labute approximate surface area is 93.5 Å². The number of pyridine rings is 1. The summed E-state index contributed by atoms with van der Waals surface area (Å²) in [5, 5.41) is 1.79. The van der Waals surface area contributed by atoms with Gasteiger partial charge in [-0.15, -0.1) is 11.3 Å². The molecule has 0 aliphatic heterocycles. The van der Waals surface area contributed by atoms with E-state index in [2.05, 4.69) is 4.98 Å². The maximum Gasteiger partial charge on any atom is 0.419 e. The third kappa shape index (κ3) is 2.01. The molecule has 2 nitrogen and oxygen atoms in total. The number of thiophene rings is 1. The van der Waals surface area contributed by atoms with Gasteiger partial charge in [-0.2, -0.15) is 13.2 Å². The lowest BCUT2D eigenvalue weighted by atomic mass is 10.1. The second kappa shape index (κ2) is 3.79. The zero-order valence-electron chi connectivity index (χ0n) is 7.95. The van der Waals surface area contributed by atoms with Crippen LogP contribution in [0.2, 0.25) is 0 Å². The van der Waals surface area contributed by atoms with Crippen molar-refractivity contribution in [2.24, 2.45) is 0 Å². The Balaban J connectivity index is 2.52. The Hall–Kier alpha value is -1.56. The number of alkyl halides is 3. The number of hydrogen-bond acceptors (Lipinski definition) is 3. The smallest absolute Gasteiger partial charge is 0.383 e. The molecule has 2 aromatic heterocycles. The van der Waals surface area contributed by atoms with Crippen LogP contribution in [0, 0.1) is 0 Å². The van der Waals surface area contributed by atoms with Crippen LogP contribution in [0.25, 0.3) is 10.4 Å². The minimum absolute atomic E-state index is 0.427. The molecule has 84 valence electrons. The van der Waals surface area contributed by atoms with Crippen LogP contribution < -0.4 is 5.73 Å². The molecule has 0 amide bonds. The molecular weight excluding hydrogens is 237 g/mol. The largest absolute Gasteiger partial charge is 0.419 e. The lowest BCUT2D eigenvalue weighted by Gasteiger charge is -2.10. The molecule has 16 heavy (non-hydrogen) atoms. The van der Waals surface area contributed by atoms with E-state index in [0.717, 1.165) is 10.9 Å². The average molecular weight is 244 g/mol. The second-order valence-corrected chi connectivity index (χ2v) is 4.08. The van der Waals surface area contributed by atoms with Crippen molar-refractivity contribution >= 4 is 17.2 Å². The molecule has 0 unspecified atom stereocenters. The molecule has 0 saturated carbocycles. The molecule has 0 aliphatic rings. The summed E-state index contributed by atoms with van der Waals surface area (Å²) in [5.74, 6) is -0.493. The van der Waals surface area contributed by atoms with Crippen molar-refractivity contribution in [2.75, 3.05) is 5.73 Å².